The van der Waals surface area contributed by atoms with Crippen LogP contribution in [-0.4, -0.2) is 16.8 Å². The Kier molecular flexibility index (Phi) is 4.78. The van der Waals surface area contributed by atoms with E-state index in [1.54, 1.807) is 12.1 Å². The Bertz CT molecular complexity index is 631. The summed E-state index contributed by atoms with van der Waals surface area (Å²) in [6, 6.07) is 5.31. The van der Waals surface area contributed by atoms with Gasteiger partial charge in [-0.25, -0.2) is 4.39 Å². The number of rotatable bonds is 5. The van der Waals surface area contributed by atoms with Crippen molar-refractivity contribution in [2.24, 2.45) is 7.05 Å². The maximum Gasteiger partial charge on any atom is 0.127 e. The van der Waals surface area contributed by atoms with E-state index in [0.29, 0.717) is 0 Å². The van der Waals surface area contributed by atoms with Crippen molar-refractivity contribution in [3.05, 3.63) is 52.1 Å². The van der Waals surface area contributed by atoms with Crippen LogP contribution in [0.1, 0.15) is 40.5 Å². The van der Waals surface area contributed by atoms with Gasteiger partial charge in [-0.3, -0.25) is 4.68 Å². The molecule has 0 bridgehead atoms. The second-order valence-electron chi connectivity index (χ2n) is 5.68. The molecule has 1 aromatic heterocycles. The molecule has 0 aliphatic carbocycles. The Hall–Kier alpha value is -1.68. The fourth-order valence-corrected chi connectivity index (χ4v) is 2.85. The molecule has 0 spiro atoms. The third-order valence-electron chi connectivity index (χ3n) is 4.22. The van der Waals surface area contributed by atoms with E-state index in [9.17, 15) is 4.39 Å². The van der Waals surface area contributed by atoms with Gasteiger partial charge in [-0.1, -0.05) is 17.7 Å². The summed E-state index contributed by atoms with van der Waals surface area (Å²) in [7, 11) is 3.84. The maximum atomic E-state index is 14.0. The summed E-state index contributed by atoms with van der Waals surface area (Å²) < 4.78 is 15.9. The van der Waals surface area contributed by atoms with Gasteiger partial charge < -0.3 is 5.32 Å². The molecule has 21 heavy (non-hydrogen) atoms. The van der Waals surface area contributed by atoms with Crippen LogP contribution in [0.15, 0.2) is 18.2 Å². The summed E-state index contributed by atoms with van der Waals surface area (Å²) in [4.78, 5) is 0. The van der Waals surface area contributed by atoms with E-state index in [-0.39, 0.29) is 11.9 Å². The maximum absolute atomic E-state index is 14.0. The van der Waals surface area contributed by atoms with Crippen molar-refractivity contribution in [3.8, 4) is 0 Å². The average Bonchev–Trinajstić information content (AvgIpc) is 2.69. The van der Waals surface area contributed by atoms with Crippen LogP contribution in [0.25, 0.3) is 0 Å². The van der Waals surface area contributed by atoms with Gasteiger partial charge in [0.15, 0.2) is 0 Å². The first-order valence-corrected chi connectivity index (χ1v) is 7.36. The van der Waals surface area contributed by atoms with Crippen LogP contribution in [0.4, 0.5) is 4.39 Å². The van der Waals surface area contributed by atoms with E-state index < -0.39 is 0 Å². The molecular weight excluding hydrogens is 265 g/mol. The van der Waals surface area contributed by atoms with Crippen molar-refractivity contribution in [1.29, 1.82) is 0 Å². The molecule has 0 saturated carbocycles. The standard InChI is InChI=1S/C17H24FN3/c1-11-6-8-16(18)15(10-11)17(19-4)9-7-14-12(2)20-21(5)13(14)3/h6,8,10,17,19H,7,9H2,1-5H3. The highest BCUT2D eigenvalue weighted by Gasteiger charge is 2.16. The Morgan fingerprint density at radius 3 is 2.57 bits per heavy atom. The molecule has 2 rings (SSSR count). The fraction of sp³-hybridized carbons (Fsp3) is 0.471. The number of hydrogen-bond donors (Lipinski definition) is 1. The minimum atomic E-state index is -0.139. The lowest BCUT2D eigenvalue weighted by Crippen LogP contribution is -2.19. The first kappa shape index (κ1) is 15.7. The first-order valence-electron chi connectivity index (χ1n) is 7.36. The van der Waals surface area contributed by atoms with Crippen molar-refractivity contribution < 1.29 is 4.39 Å². The minimum absolute atomic E-state index is 0.0175. The zero-order chi connectivity index (χ0) is 15.6. The second-order valence-corrected chi connectivity index (χ2v) is 5.68. The SMILES string of the molecule is CNC(CCc1c(C)nn(C)c1C)c1cc(C)ccc1F. The molecule has 0 saturated heterocycles. The van der Waals surface area contributed by atoms with Crippen LogP contribution in [0.2, 0.25) is 0 Å². The number of hydrogen-bond acceptors (Lipinski definition) is 2. The fourth-order valence-electron chi connectivity index (χ4n) is 2.85. The van der Waals surface area contributed by atoms with Gasteiger partial charge in [0.25, 0.3) is 0 Å². The molecule has 114 valence electrons. The van der Waals surface area contributed by atoms with E-state index >= 15 is 0 Å². The van der Waals surface area contributed by atoms with Crippen molar-refractivity contribution in [2.45, 2.75) is 39.7 Å². The predicted octanol–water partition coefficient (Wildman–Crippen LogP) is 3.38. The molecule has 4 heteroatoms. The van der Waals surface area contributed by atoms with Crippen LogP contribution < -0.4 is 5.32 Å². The Balaban J connectivity index is 2.18. The molecular formula is C17H24FN3. The highest BCUT2D eigenvalue weighted by Crippen LogP contribution is 2.24. The van der Waals surface area contributed by atoms with Gasteiger partial charge >= 0.3 is 0 Å². The molecule has 0 radical (unpaired) electrons. The zero-order valence-corrected chi connectivity index (χ0v) is 13.5. The van der Waals surface area contributed by atoms with E-state index in [4.69, 9.17) is 0 Å². The van der Waals surface area contributed by atoms with Crippen LogP contribution in [-0.2, 0) is 13.5 Å². The molecule has 1 heterocycles. The summed E-state index contributed by atoms with van der Waals surface area (Å²) >= 11 is 0. The average molecular weight is 289 g/mol. The molecule has 1 aromatic carbocycles. The lowest BCUT2D eigenvalue weighted by molar-refractivity contribution is 0.507. The molecule has 0 amide bonds. The van der Waals surface area contributed by atoms with E-state index in [0.717, 1.165) is 29.7 Å². The number of nitrogens with one attached hydrogen (secondary N) is 1. The molecule has 1 atom stereocenters. The van der Waals surface area contributed by atoms with E-state index in [1.165, 1.54) is 11.3 Å². The number of aryl methyl sites for hydroxylation is 3. The summed E-state index contributed by atoms with van der Waals surface area (Å²) in [6.07, 6.45) is 1.74. The van der Waals surface area contributed by atoms with Gasteiger partial charge in [-0.2, -0.15) is 5.10 Å². The topological polar surface area (TPSA) is 29.9 Å². The number of benzene rings is 1. The monoisotopic (exact) mass is 289 g/mol. The number of halogens is 1. The zero-order valence-electron chi connectivity index (χ0n) is 13.5. The first-order chi connectivity index (χ1) is 9.93. The Morgan fingerprint density at radius 1 is 1.29 bits per heavy atom. The minimum Gasteiger partial charge on any atom is -0.313 e. The van der Waals surface area contributed by atoms with E-state index in [1.807, 2.05) is 38.7 Å². The Morgan fingerprint density at radius 2 is 2.00 bits per heavy atom. The summed E-state index contributed by atoms with van der Waals surface area (Å²) in [5.74, 6) is -0.139. The molecule has 0 aliphatic heterocycles. The van der Waals surface area contributed by atoms with Gasteiger partial charge in [0.2, 0.25) is 0 Å². The third kappa shape index (κ3) is 3.32. The second kappa shape index (κ2) is 6.39. The lowest BCUT2D eigenvalue weighted by atomic mass is 9.96. The van der Waals surface area contributed by atoms with Crippen molar-refractivity contribution in [1.82, 2.24) is 15.1 Å². The van der Waals surface area contributed by atoms with E-state index in [2.05, 4.69) is 17.3 Å². The molecule has 1 unspecified atom stereocenters. The molecule has 0 aliphatic rings. The normalized spacial score (nSPS) is 12.7. The molecule has 2 aromatic rings. The van der Waals surface area contributed by atoms with Gasteiger partial charge in [0.05, 0.1) is 5.69 Å². The van der Waals surface area contributed by atoms with Gasteiger partial charge in [0, 0.05) is 24.3 Å². The van der Waals surface area contributed by atoms with Crippen LogP contribution in [0, 0.1) is 26.6 Å². The summed E-state index contributed by atoms with van der Waals surface area (Å²) in [5.41, 5.74) is 5.35. The molecule has 3 nitrogen and oxygen atoms in total. The van der Waals surface area contributed by atoms with Crippen LogP contribution in [0.3, 0.4) is 0 Å². The number of nitrogens with zero attached hydrogens (tertiary/aromatic N) is 2. The predicted molar refractivity (Wildman–Crippen MR) is 83.9 cm³/mol. The van der Waals surface area contributed by atoms with Gasteiger partial charge in [-0.05, 0) is 52.3 Å². The highest BCUT2D eigenvalue weighted by atomic mass is 19.1. The van der Waals surface area contributed by atoms with Crippen LogP contribution >= 0.6 is 0 Å². The molecule has 0 fully saturated rings. The lowest BCUT2D eigenvalue weighted by Gasteiger charge is -2.18. The quantitative estimate of drug-likeness (QED) is 0.914. The largest absolute Gasteiger partial charge is 0.313 e. The Labute approximate surface area is 126 Å². The smallest absolute Gasteiger partial charge is 0.127 e. The van der Waals surface area contributed by atoms with Gasteiger partial charge in [0.1, 0.15) is 5.82 Å². The summed E-state index contributed by atoms with van der Waals surface area (Å²) in [6.45, 7) is 6.10. The van der Waals surface area contributed by atoms with Crippen molar-refractivity contribution in [3.63, 3.8) is 0 Å². The van der Waals surface area contributed by atoms with Crippen molar-refractivity contribution in [2.75, 3.05) is 7.05 Å². The number of aromatic nitrogens is 2. The van der Waals surface area contributed by atoms with Gasteiger partial charge in [-0.15, -0.1) is 0 Å². The highest BCUT2D eigenvalue weighted by molar-refractivity contribution is 5.28. The molecule has 1 N–H and O–H groups in total. The third-order valence-corrected chi connectivity index (χ3v) is 4.22. The summed E-state index contributed by atoms with van der Waals surface area (Å²) in [5, 5.41) is 7.68. The van der Waals surface area contributed by atoms with Crippen molar-refractivity contribution >= 4 is 0 Å². The van der Waals surface area contributed by atoms with Crippen LogP contribution in [0.5, 0.6) is 0 Å².